The van der Waals surface area contributed by atoms with Gasteiger partial charge >= 0.3 is 6.16 Å². The maximum atomic E-state index is 13.3. The van der Waals surface area contributed by atoms with E-state index in [1.54, 1.807) is 4.57 Å². The number of benzene rings is 2. The second-order valence-electron chi connectivity index (χ2n) is 8.98. The first-order chi connectivity index (χ1) is 16.7. The number of ether oxygens (including phenoxy) is 1. The number of fused-ring (bicyclic) bond motifs is 6. The Morgan fingerprint density at radius 2 is 1.91 bits per heavy atom. The highest BCUT2D eigenvalue weighted by molar-refractivity contribution is 9.10. The van der Waals surface area contributed by atoms with Gasteiger partial charge in [0.05, 0.1) is 29.0 Å². The minimum Gasteiger partial charge on any atom is -0.450 e. The minimum absolute atomic E-state index is 0. The molecule has 7 heteroatoms. The van der Waals surface area contributed by atoms with Crippen LogP contribution in [0.4, 0.5) is 4.79 Å². The van der Waals surface area contributed by atoms with Crippen LogP contribution in [0.3, 0.4) is 0 Å². The number of halogens is 1. The Hall–Kier alpha value is -3.19. The maximum Gasteiger partial charge on any atom is 0.506 e. The third kappa shape index (κ3) is 4.45. The summed E-state index contributed by atoms with van der Waals surface area (Å²) >= 11 is 3.61. The van der Waals surface area contributed by atoms with Crippen LogP contribution in [0.1, 0.15) is 51.4 Å². The quantitative estimate of drug-likeness (QED) is 0.191. The highest BCUT2D eigenvalue weighted by Crippen LogP contribution is 2.40. The summed E-state index contributed by atoms with van der Waals surface area (Å²) in [4.78, 5) is 29.2. The Balaban J connectivity index is 0.00000117. The summed E-state index contributed by atoms with van der Waals surface area (Å²) in [6, 6.07) is 12.3. The molecule has 3 heterocycles. The average molecular weight is 539 g/mol. The van der Waals surface area contributed by atoms with Crippen molar-refractivity contribution in [2.45, 2.75) is 54.2 Å². The van der Waals surface area contributed by atoms with Gasteiger partial charge in [0, 0.05) is 16.8 Å². The summed E-state index contributed by atoms with van der Waals surface area (Å²) in [5.41, 5.74) is 5.64. The second-order valence-corrected chi connectivity index (χ2v) is 9.89. The van der Waals surface area contributed by atoms with E-state index in [1.807, 2.05) is 32.9 Å². The van der Waals surface area contributed by atoms with E-state index in [1.165, 1.54) is 5.56 Å². The molecule has 6 nitrogen and oxygen atoms in total. The van der Waals surface area contributed by atoms with E-state index in [-0.39, 0.29) is 13.6 Å². The van der Waals surface area contributed by atoms with Gasteiger partial charge in [0.2, 0.25) is 0 Å². The molecule has 0 saturated heterocycles. The molecule has 0 atom stereocenters. The summed E-state index contributed by atoms with van der Waals surface area (Å²) < 4.78 is 7.42. The third-order valence-electron chi connectivity index (χ3n) is 6.28. The van der Waals surface area contributed by atoms with E-state index in [2.05, 4.69) is 54.0 Å². The summed E-state index contributed by atoms with van der Waals surface area (Å²) in [6.07, 6.45) is -0.531. The van der Waals surface area contributed by atoms with Crippen LogP contribution in [-0.2, 0) is 24.3 Å². The Bertz CT molecular complexity index is 1530. The van der Waals surface area contributed by atoms with Gasteiger partial charge in [-0.2, -0.15) is 0 Å². The van der Waals surface area contributed by atoms with Crippen LogP contribution < -0.4 is 5.56 Å². The zero-order valence-electron chi connectivity index (χ0n) is 20.6. The van der Waals surface area contributed by atoms with E-state index in [0.717, 1.165) is 49.5 Å². The third-order valence-corrected chi connectivity index (χ3v) is 6.77. The molecule has 1 N–H and O–H groups in total. The Labute approximate surface area is 214 Å². The molecular formula is C28H31BrN2O4. The lowest BCUT2D eigenvalue weighted by atomic mass is 9.91. The monoisotopic (exact) mass is 538 g/mol. The van der Waals surface area contributed by atoms with Crippen molar-refractivity contribution in [2.24, 2.45) is 5.92 Å². The van der Waals surface area contributed by atoms with Crippen LogP contribution >= 0.6 is 15.9 Å². The number of nitrogens with zero attached hydrogens (tertiary/aromatic N) is 2. The smallest absolute Gasteiger partial charge is 0.450 e. The molecule has 0 radical (unpaired) electrons. The van der Waals surface area contributed by atoms with Crippen LogP contribution in [0.5, 0.6) is 0 Å². The first kappa shape index (κ1) is 24.9. The fourth-order valence-electron chi connectivity index (χ4n) is 4.82. The molecule has 0 saturated carbocycles. The van der Waals surface area contributed by atoms with Crippen molar-refractivity contribution in [3.8, 4) is 11.4 Å². The molecular weight excluding hydrogens is 508 g/mol. The molecule has 0 amide bonds. The van der Waals surface area contributed by atoms with E-state index >= 15 is 0 Å². The van der Waals surface area contributed by atoms with E-state index in [4.69, 9.17) is 14.8 Å². The first-order valence-electron chi connectivity index (χ1n) is 11.9. The van der Waals surface area contributed by atoms with Gasteiger partial charge in [0.15, 0.2) is 0 Å². The van der Waals surface area contributed by atoms with Crippen LogP contribution in [0.15, 0.2) is 45.7 Å². The highest BCUT2D eigenvalue weighted by atomic mass is 79.9. The zero-order valence-corrected chi connectivity index (χ0v) is 22.2. The van der Waals surface area contributed by atoms with Crippen molar-refractivity contribution in [1.29, 1.82) is 0 Å². The van der Waals surface area contributed by atoms with Crippen molar-refractivity contribution in [2.75, 3.05) is 0 Å². The predicted octanol–water partition coefficient (Wildman–Crippen LogP) is 7.31. The van der Waals surface area contributed by atoms with Crippen LogP contribution in [0.2, 0.25) is 0 Å². The number of aromatic nitrogens is 2. The van der Waals surface area contributed by atoms with Gasteiger partial charge in [-0.25, -0.2) is 9.78 Å². The standard InChI is InChI=1S/C26H23BrN2O4.C2H6.H2/c1-13(2)8-18-19-11-29-22(9-14(3)20(25(29)30)12-33-26(31)32)24(19)28-21-7-5-15-4-6-16(27)10-17(15)23(18)21;1-2;/h4-7,9-10,13H,8,11-12H2,1-3H3,(H,31,32);1-2H3;1H. The second kappa shape index (κ2) is 9.82. The number of carboxylic acid groups (broad SMARTS) is 1. The molecule has 35 heavy (non-hydrogen) atoms. The lowest BCUT2D eigenvalue weighted by molar-refractivity contribution is 0.0848. The van der Waals surface area contributed by atoms with Crippen molar-refractivity contribution in [1.82, 2.24) is 9.55 Å². The highest BCUT2D eigenvalue weighted by Gasteiger charge is 2.28. The number of carbonyl (C=O) groups is 1. The molecule has 0 fully saturated rings. The Morgan fingerprint density at radius 1 is 1.20 bits per heavy atom. The van der Waals surface area contributed by atoms with Crippen molar-refractivity contribution in [3.05, 3.63) is 73.5 Å². The average Bonchev–Trinajstić information content (AvgIpc) is 3.18. The Morgan fingerprint density at radius 3 is 2.60 bits per heavy atom. The van der Waals surface area contributed by atoms with Gasteiger partial charge < -0.3 is 14.4 Å². The maximum absolute atomic E-state index is 13.3. The van der Waals surface area contributed by atoms with Gasteiger partial charge in [-0.3, -0.25) is 4.79 Å². The van der Waals surface area contributed by atoms with E-state index < -0.39 is 6.16 Å². The molecule has 1 aliphatic rings. The summed E-state index contributed by atoms with van der Waals surface area (Å²) in [5.74, 6) is 0.420. The number of hydrogen-bond donors (Lipinski definition) is 1. The van der Waals surface area contributed by atoms with Crippen LogP contribution in [0.25, 0.3) is 33.1 Å². The van der Waals surface area contributed by atoms with Crippen LogP contribution in [-0.4, -0.2) is 20.8 Å². The van der Waals surface area contributed by atoms with Gasteiger partial charge in [-0.15, -0.1) is 0 Å². The fraction of sp³-hybridized carbons (Fsp3) is 0.321. The van der Waals surface area contributed by atoms with Gasteiger partial charge in [0.25, 0.3) is 5.56 Å². The fourth-order valence-corrected chi connectivity index (χ4v) is 5.18. The molecule has 5 rings (SSSR count). The summed E-state index contributed by atoms with van der Waals surface area (Å²) in [6.45, 7) is 10.4. The molecule has 1 aliphatic heterocycles. The normalized spacial score (nSPS) is 11.9. The topological polar surface area (TPSA) is 81.4 Å². The minimum atomic E-state index is -1.40. The number of aryl methyl sites for hydroxylation is 1. The zero-order chi connectivity index (χ0) is 25.4. The van der Waals surface area contributed by atoms with Gasteiger partial charge in [-0.05, 0) is 65.4 Å². The van der Waals surface area contributed by atoms with E-state index in [9.17, 15) is 9.59 Å². The van der Waals surface area contributed by atoms with Crippen LogP contribution in [0, 0.1) is 12.8 Å². The molecule has 184 valence electrons. The lowest BCUT2D eigenvalue weighted by Gasteiger charge is -2.16. The molecule has 4 aromatic rings. The molecule has 0 spiro atoms. The van der Waals surface area contributed by atoms with Crippen molar-refractivity contribution >= 4 is 43.8 Å². The molecule has 0 aliphatic carbocycles. The molecule has 2 aromatic carbocycles. The molecule has 2 aromatic heterocycles. The Kier molecular flexibility index (Phi) is 6.99. The largest absolute Gasteiger partial charge is 0.506 e. The van der Waals surface area contributed by atoms with Crippen molar-refractivity contribution in [3.63, 3.8) is 0 Å². The van der Waals surface area contributed by atoms with Gasteiger partial charge in [-0.1, -0.05) is 55.8 Å². The van der Waals surface area contributed by atoms with Crippen molar-refractivity contribution < 1.29 is 16.1 Å². The molecule has 0 bridgehead atoms. The van der Waals surface area contributed by atoms with Gasteiger partial charge in [0.1, 0.15) is 6.61 Å². The van der Waals surface area contributed by atoms with E-state index in [0.29, 0.717) is 23.6 Å². The molecule has 0 unspecified atom stereocenters. The SMILES string of the molecule is CC.Cc1cc2n(c(=O)c1COC(=O)O)Cc1c-2nc2ccc3ccc(Br)cc3c2c1CC(C)C.[HH]. The lowest BCUT2D eigenvalue weighted by Crippen LogP contribution is -2.25. The number of hydrogen-bond acceptors (Lipinski definition) is 4. The summed E-state index contributed by atoms with van der Waals surface area (Å²) in [5, 5.41) is 12.3. The summed E-state index contributed by atoms with van der Waals surface area (Å²) in [7, 11) is 0. The predicted molar refractivity (Wildman–Crippen MR) is 145 cm³/mol. The number of pyridine rings is 2. The number of rotatable bonds is 4. The first-order valence-corrected chi connectivity index (χ1v) is 12.7.